The molecule has 1 saturated heterocycles. The van der Waals surface area contributed by atoms with Crippen molar-refractivity contribution in [1.82, 2.24) is 20.9 Å². The first kappa shape index (κ1) is 22.8. The van der Waals surface area contributed by atoms with Crippen LogP contribution in [0.15, 0.2) is 36.4 Å². The van der Waals surface area contributed by atoms with Crippen molar-refractivity contribution in [2.75, 3.05) is 0 Å². The molecular formula is C24H25ClN4O4. The van der Waals surface area contributed by atoms with E-state index in [0.29, 0.717) is 43.1 Å². The summed E-state index contributed by atoms with van der Waals surface area (Å²) in [4.78, 5) is 50.5. The number of carbonyl (C=O) groups is 4. The smallest absolute Gasteiger partial charge is 0.315 e. The monoisotopic (exact) mass is 468 g/mol. The van der Waals surface area contributed by atoms with Crippen LogP contribution in [0.2, 0.25) is 5.02 Å². The Morgan fingerprint density at radius 2 is 1.79 bits per heavy atom. The van der Waals surface area contributed by atoms with Gasteiger partial charge < -0.3 is 15.5 Å². The van der Waals surface area contributed by atoms with Crippen molar-refractivity contribution in [1.29, 1.82) is 0 Å². The zero-order valence-corrected chi connectivity index (χ0v) is 19.0. The molecule has 1 unspecified atom stereocenters. The Morgan fingerprint density at radius 3 is 2.52 bits per heavy atom. The molecule has 0 spiro atoms. The predicted molar refractivity (Wildman–Crippen MR) is 122 cm³/mol. The average Bonchev–Trinajstić information content (AvgIpc) is 3.00. The summed E-state index contributed by atoms with van der Waals surface area (Å²) in [6.45, 7) is 2.86. The number of hydrogen-bond acceptors (Lipinski definition) is 4. The topological polar surface area (TPSA) is 108 Å². The highest BCUT2D eigenvalue weighted by Gasteiger charge is 2.37. The summed E-state index contributed by atoms with van der Waals surface area (Å²) in [5.74, 6) is -0.940. The van der Waals surface area contributed by atoms with E-state index in [9.17, 15) is 19.2 Å². The first-order chi connectivity index (χ1) is 15.8. The van der Waals surface area contributed by atoms with Crippen molar-refractivity contribution < 1.29 is 19.2 Å². The number of aryl methyl sites for hydroxylation is 1. The van der Waals surface area contributed by atoms with Crippen LogP contribution in [0.1, 0.15) is 51.9 Å². The highest BCUT2D eigenvalue weighted by Crippen LogP contribution is 2.28. The van der Waals surface area contributed by atoms with E-state index >= 15 is 0 Å². The molecule has 4 rings (SSSR count). The summed E-state index contributed by atoms with van der Waals surface area (Å²) >= 11 is 6.12. The molecule has 0 aromatic heterocycles. The van der Waals surface area contributed by atoms with Crippen LogP contribution < -0.4 is 16.0 Å². The zero-order chi connectivity index (χ0) is 23.5. The van der Waals surface area contributed by atoms with Crippen LogP contribution in [0.5, 0.6) is 0 Å². The van der Waals surface area contributed by atoms with Crippen LogP contribution in [0.4, 0.5) is 4.79 Å². The SMILES string of the molecule is Cc1ccc(CNC(=O)NCc2ccc3c(c2)CN(C2CCCC(=O)NC2=O)C3=O)cc1Cl. The van der Waals surface area contributed by atoms with Gasteiger partial charge in [-0.15, -0.1) is 0 Å². The lowest BCUT2D eigenvalue weighted by molar-refractivity contribution is -0.132. The van der Waals surface area contributed by atoms with Gasteiger partial charge in [0.2, 0.25) is 11.8 Å². The predicted octanol–water partition coefficient (Wildman–Crippen LogP) is 2.80. The maximum Gasteiger partial charge on any atom is 0.315 e. The van der Waals surface area contributed by atoms with E-state index < -0.39 is 11.9 Å². The third kappa shape index (κ3) is 5.17. The minimum absolute atomic E-state index is 0.214. The van der Waals surface area contributed by atoms with Crippen molar-refractivity contribution in [3.63, 3.8) is 0 Å². The molecule has 2 aromatic rings. The number of halogens is 1. The Balaban J connectivity index is 1.34. The third-order valence-electron chi connectivity index (χ3n) is 5.97. The van der Waals surface area contributed by atoms with Gasteiger partial charge in [-0.2, -0.15) is 0 Å². The average molecular weight is 469 g/mol. The Bertz CT molecular complexity index is 1130. The fourth-order valence-corrected chi connectivity index (χ4v) is 4.30. The van der Waals surface area contributed by atoms with Crippen molar-refractivity contribution in [3.8, 4) is 0 Å². The minimum Gasteiger partial charge on any atom is -0.334 e. The van der Waals surface area contributed by atoms with E-state index in [1.165, 1.54) is 4.90 Å². The van der Waals surface area contributed by atoms with Gasteiger partial charge in [-0.25, -0.2) is 4.79 Å². The number of imide groups is 1. The maximum absolute atomic E-state index is 12.8. The molecule has 0 saturated carbocycles. The molecule has 8 nitrogen and oxygen atoms in total. The van der Waals surface area contributed by atoms with Crippen LogP contribution in [0.3, 0.4) is 0 Å². The first-order valence-electron chi connectivity index (χ1n) is 10.8. The van der Waals surface area contributed by atoms with E-state index in [1.807, 2.05) is 31.2 Å². The molecule has 3 N–H and O–H groups in total. The van der Waals surface area contributed by atoms with E-state index in [1.54, 1.807) is 12.1 Å². The lowest BCUT2D eigenvalue weighted by atomic mass is 10.1. The zero-order valence-electron chi connectivity index (χ0n) is 18.2. The van der Waals surface area contributed by atoms with E-state index in [-0.39, 0.29) is 24.3 Å². The maximum atomic E-state index is 12.8. The molecule has 2 aliphatic heterocycles. The number of nitrogens with zero attached hydrogens (tertiary/aromatic N) is 1. The molecule has 2 heterocycles. The number of carbonyl (C=O) groups excluding carboxylic acids is 4. The van der Waals surface area contributed by atoms with Crippen LogP contribution >= 0.6 is 11.6 Å². The normalized spacial score (nSPS) is 17.9. The summed E-state index contributed by atoms with van der Waals surface area (Å²) in [5.41, 5.74) is 4.07. The van der Waals surface area contributed by atoms with Gasteiger partial charge in [-0.05, 0) is 54.2 Å². The van der Waals surface area contributed by atoms with Gasteiger partial charge >= 0.3 is 6.03 Å². The fraction of sp³-hybridized carbons (Fsp3) is 0.333. The van der Waals surface area contributed by atoms with Crippen LogP contribution in [-0.2, 0) is 29.2 Å². The van der Waals surface area contributed by atoms with Gasteiger partial charge in [-0.1, -0.05) is 35.9 Å². The largest absolute Gasteiger partial charge is 0.334 e. The Kier molecular flexibility index (Phi) is 6.65. The third-order valence-corrected chi connectivity index (χ3v) is 6.37. The molecule has 172 valence electrons. The molecule has 0 radical (unpaired) electrons. The van der Waals surface area contributed by atoms with Gasteiger partial charge in [0.05, 0.1) is 0 Å². The number of fused-ring (bicyclic) bond motifs is 1. The summed E-state index contributed by atoms with van der Waals surface area (Å²) < 4.78 is 0. The quantitative estimate of drug-likeness (QED) is 0.586. The number of benzene rings is 2. The molecule has 2 aliphatic rings. The van der Waals surface area contributed by atoms with Crippen molar-refractivity contribution >= 4 is 35.4 Å². The van der Waals surface area contributed by atoms with Gasteiger partial charge in [0, 0.05) is 36.6 Å². The van der Waals surface area contributed by atoms with Gasteiger partial charge in [0.15, 0.2) is 0 Å². The number of nitrogens with one attached hydrogen (secondary N) is 3. The highest BCUT2D eigenvalue weighted by atomic mass is 35.5. The van der Waals surface area contributed by atoms with Crippen molar-refractivity contribution in [3.05, 3.63) is 69.2 Å². The summed E-state index contributed by atoms with van der Waals surface area (Å²) in [5, 5.41) is 8.62. The van der Waals surface area contributed by atoms with Crippen LogP contribution in [0.25, 0.3) is 0 Å². The Labute approximate surface area is 196 Å². The van der Waals surface area contributed by atoms with E-state index in [4.69, 9.17) is 11.6 Å². The molecule has 1 atom stereocenters. The van der Waals surface area contributed by atoms with Crippen molar-refractivity contribution in [2.24, 2.45) is 0 Å². The van der Waals surface area contributed by atoms with E-state index in [0.717, 1.165) is 22.3 Å². The number of urea groups is 1. The highest BCUT2D eigenvalue weighted by molar-refractivity contribution is 6.31. The summed E-state index contributed by atoms with van der Waals surface area (Å²) in [7, 11) is 0. The Hall–Kier alpha value is -3.39. The first-order valence-corrected chi connectivity index (χ1v) is 11.2. The molecule has 33 heavy (non-hydrogen) atoms. The second kappa shape index (κ2) is 9.62. The number of rotatable bonds is 5. The fourth-order valence-electron chi connectivity index (χ4n) is 4.10. The van der Waals surface area contributed by atoms with Gasteiger partial charge in [0.25, 0.3) is 5.91 Å². The summed E-state index contributed by atoms with van der Waals surface area (Å²) in [6.07, 6.45) is 1.30. The molecular weight excluding hydrogens is 444 g/mol. The minimum atomic E-state index is -0.654. The molecule has 9 heteroatoms. The Morgan fingerprint density at radius 1 is 1.09 bits per heavy atom. The van der Waals surface area contributed by atoms with Crippen LogP contribution in [-0.4, -0.2) is 34.7 Å². The molecule has 2 aromatic carbocycles. The second-order valence-electron chi connectivity index (χ2n) is 8.36. The van der Waals surface area contributed by atoms with Crippen molar-refractivity contribution in [2.45, 2.75) is 51.9 Å². The lowest BCUT2D eigenvalue weighted by Gasteiger charge is -2.24. The molecule has 5 amide bonds. The summed E-state index contributed by atoms with van der Waals surface area (Å²) in [6, 6.07) is 10.1. The lowest BCUT2D eigenvalue weighted by Crippen LogP contribution is -2.46. The van der Waals surface area contributed by atoms with Crippen LogP contribution in [0, 0.1) is 6.92 Å². The van der Waals surface area contributed by atoms with Gasteiger partial charge in [-0.3, -0.25) is 19.7 Å². The molecule has 0 bridgehead atoms. The molecule has 0 aliphatic carbocycles. The number of hydrogen-bond donors (Lipinski definition) is 3. The van der Waals surface area contributed by atoms with Gasteiger partial charge in [0.1, 0.15) is 6.04 Å². The standard InChI is InChI=1S/C24H25ClN4O4/c1-14-5-6-16(10-19(14)25)12-27-24(33)26-11-15-7-8-18-17(9-15)13-29(23(18)32)20-3-2-4-21(30)28-22(20)31/h5-10,20H,2-4,11-13H2,1H3,(H2,26,27,33)(H,28,30,31). The second-order valence-corrected chi connectivity index (χ2v) is 8.77. The number of amides is 5. The molecule has 1 fully saturated rings. The van der Waals surface area contributed by atoms with E-state index in [2.05, 4.69) is 16.0 Å².